The average molecular weight is 539 g/mol. The number of allylic oxidation sites excluding steroid dienone is 1. The van der Waals surface area contributed by atoms with Gasteiger partial charge in [0, 0.05) is 44.5 Å². The van der Waals surface area contributed by atoms with E-state index in [0.717, 1.165) is 74.0 Å². The molecule has 1 unspecified atom stereocenters. The lowest BCUT2D eigenvalue weighted by molar-refractivity contribution is -0.141. The lowest BCUT2D eigenvalue weighted by Crippen LogP contribution is -2.34. The number of aromatic nitrogens is 3. The van der Waals surface area contributed by atoms with Crippen molar-refractivity contribution in [2.45, 2.75) is 46.6 Å². The fourth-order valence-corrected chi connectivity index (χ4v) is 6.69. The number of carbonyl (C=O) groups is 2. The van der Waals surface area contributed by atoms with Gasteiger partial charge in [0.05, 0.1) is 30.1 Å². The lowest BCUT2D eigenvalue weighted by Gasteiger charge is -2.18. The Labute approximate surface area is 231 Å². The summed E-state index contributed by atoms with van der Waals surface area (Å²) in [4.78, 5) is 37.3. The molecule has 2 aliphatic heterocycles. The second-order valence-electron chi connectivity index (χ2n) is 10.9. The number of H-pyrrole nitrogens is 3. The van der Waals surface area contributed by atoms with E-state index >= 15 is 0 Å². The first-order chi connectivity index (χ1) is 19.2. The number of rotatable bonds is 3. The molecule has 3 aromatic heterocycles. The number of hydrogen-bond acceptors (Lipinski definition) is 5. The Morgan fingerprint density at radius 2 is 1.85 bits per heavy atom. The van der Waals surface area contributed by atoms with Gasteiger partial charge in [-0.15, -0.1) is 0 Å². The van der Waals surface area contributed by atoms with Crippen LogP contribution in [0.3, 0.4) is 0 Å². The maximum atomic E-state index is 13.8. The van der Waals surface area contributed by atoms with Crippen LogP contribution in [0.1, 0.15) is 70.0 Å². The normalized spacial score (nSPS) is 24.6. The van der Waals surface area contributed by atoms with E-state index < -0.39 is 11.9 Å². The highest BCUT2D eigenvalue weighted by molar-refractivity contribution is 6.19. The van der Waals surface area contributed by atoms with Gasteiger partial charge in [-0.25, -0.2) is 0 Å². The van der Waals surface area contributed by atoms with Gasteiger partial charge in [0.25, 0.3) is 0 Å². The van der Waals surface area contributed by atoms with Crippen molar-refractivity contribution in [3.63, 3.8) is 0 Å². The molecule has 0 aromatic carbocycles. The highest BCUT2D eigenvalue weighted by Crippen LogP contribution is 2.36. The largest absolute Gasteiger partial charge is 0.515 e. The fraction of sp³-hybridized carbons (Fsp3) is 0.312. The number of nitrogens with one attached hydrogen (secondary N) is 4. The van der Waals surface area contributed by atoms with E-state index in [1.807, 2.05) is 32.1 Å². The highest BCUT2D eigenvalue weighted by atomic mass is 16.5. The number of aliphatic hydroxyl groups excluding tert-OH is 1. The summed E-state index contributed by atoms with van der Waals surface area (Å²) in [5, 5.41) is 16.9. The molecule has 3 atom stereocenters. The third kappa shape index (κ3) is 3.58. The molecule has 206 valence electrons. The minimum Gasteiger partial charge on any atom is -0.515 e. The summed E-state index contributed by atoms with van der Waals surface area (Å²) >= 11 is 0. The van der Waals surface area contributed by atoms with E-state index in [2.05, 4.69) is 46.8 Å². The third-order valence-corrected chi connectivity index (χ3v) is 8.81. The van der Waals surface area contributed by atoms with Crippen LogP contribution in [0.5, 0.6) is 0 Å². The Bertz CT molecular complexity index is 1900. The molecule has 8 nitrogen and oxygen atoms in total. The summed E-state index contributed by atoms with van der Waals surface area (Å²) in [5.41, 5.74) is 8.74. The zero-order valence-electron chi connectivity index (χ0n) is 23.4. The summed E-state index contributed by atoms with van der Waals surface area (Å²) in [7, 11) is 1.32. The van der Waals surface area contributed by atoms with Gasteiger partial charge in [-0.05, 0) is 73.1 Å². The zero-order valence-corrected chi connectivity index (χ0v) is 23.4. The van der Waals surface area contributed by atoms with Crippen LogP contribution in [0.15, 0.2) is 12.3 Å². The van der Waals surface area contributed by atoms with E-state index in [-0.39, 0.29) is 17.7 Å². The number of Topliss-reactive ketones (excluding diaryl/α,β-unsaturated/α-hetero) is 1. The van der Waals surface area contributed by atoms with Crippen LogP contribution in [0.2, 0.25) is 0 Å². The Balaban J connectivity index is 1.75. The van der Waals surface area contributed by atoms with Crippen molar-refractivity contribution in [3.05, 3.63) is 78.4 Å². The predicted octanol–water partition coefficient (Wildman–Crippen LogP) is 1.94. The molecule has 40 heavy (non-hydrogen) atoms. The van der Waals surface area contributed by atoms with Crippen LogP contribution in [0.25, 0.3) is 36.1 Å². The van der Waals surface area contributed by atoms with Gasteiger partial charge in [-0.1, -0.05) is 26.5 Å². The summed E-state index contributed by atoms with van der Waals surface area (Å²) in [6, 6.07) is -0.214. The molecule has 5 heterocycles. The van der Waals surface area contributed by atoms with Crippen LogP contribution in [-0.4, -0.2) is 45.0 Å². The van der Waals surface area contributed by atoms with Crippen LogP contribution < -0.4 is 26.6 Å². The number of methoxy groups -OCH3 is 1. The number of fused-ring (bicyclic) bond motifs is 8. The van der Waals surface area contributed by atoms with Crippen molar-refractivity contribution in [1.29, 1.82) is 0 Å². The summed E-state index contributed by atoms with van der Waals surface area (Å²) in [5.74, 6) is -1.60. The molecular weight excluding hydrogens is 504 g/mol. The van der Waals surface area contributed by atoms with Gasteiger partial charge < -0.3 is 30.1 Å². The Hall–Kier alpha value is -4.46. The monoisotopic (exact) mass is 538 g/mol. The number of aliphatic hydroxyl groups is 1. The van der Waals surface area contributed by atoms with E-state index in [1.54, 1.807) is 0 Å². The first-order valence-corrected chi connectivity index (χ1v) is 13.7. The minimum absolute atomic E-state index is 0.170. The van der Waals surface area contributed by atoms with E-state index in [1.165, 1.54) is 7.11 Å². The standard InChI is InChI=1S/C32H34N4O4/c1-7-17-15(4)21-10-20-14(3)9-26(33-20)28-29(32(39)40-6)31(38)27-16(5)22(36-30(27)28)11-24-18(8-2)19(13-37)25(35-24)12-23(17)34-21/h7,10-14,26,29,33-37H,1,8-9H2,2-6H3/b19-13-,20-10+,22-11-,25-12-/t14-,26?,29+/m0/s1. The van der Waals surface area contributed by atoms with Crippen LogP contribution >= 0.6 is 0 Å². The maximum Gasteiger partial charge on any atom is 0.320 e. The molecule has 5 N–H and O–H groups in total. The zero-order chi connectivity index (χ0) is 28.5. The topological polar surface area (TPSA) is 123 Å². The molecule has 3 aliphatic rings. The molecule has 3 aromatic rings. The van der Waals surface area contributed by atoms with Crippen molar-refractivity contribution < 1.29 is 19.4 Å². The van der Waals surface area contributed by atoms with Crippen molar-refractivity contribution in [1.82, 2.24) is 20.3 Å². The van der Waals surface area contributed by atoms with Crippen LogP contribution in [0, 0.1) is 25.7 Å². The number of aromatic amines is 3. The Morgan fingerprint density at radius 3 is 2.52 bits per heavy atom. The number of ether oxygens (including phenoxy) is 1. The van der Waals surface area contributed by atoms with Crippen LogP contribution in [0.4, 0.5) is 0 Å². The van der Waals surface area contributed by atoms with Gasteiger partial charge >= 0.3 is 5.97 Å². The quantitative estimate of drug-likeness (QED) is 0.258. The maximum absolute atomic E-state index is 13.8. The van der Waals surface area contributed by atoms with Crippen molar-refractivity contribution in [2.75, 3.05) is 7.11 Å². The van der Waals surface area contributed by atoms with E-state index in [4.69, 9.17) is 4.74 Å². The van der Waals surface area contributed by atoms with E-state index in [0.29, 0.717) is 22.6 Å². The summed E-state index contributed by atoms with van der Waals surface area (Å²) in [6.45, 7) is 12.2. The molecule has 0 spiro atoms. The Kier molecular flexibility index (Phi) is 6.02. The summed E-state index contributed by atoms with van der Waals surface area (Å²) < 4.78 is 5.11. The smallest absolute Gasteiger partial charge is 0.320 e. The molecule has 1 aliphatic carbocycles. The van der Waals surface area contributed by atoms with Gasteiger partial charge in [0.2, 0.25) is 0 Å². The molecule has 0 saturated carbocycles. The van der Waals surface area contributed by atoms with E-state index in [9.17, 15) is 14.7 Å². The van der Waals surface area contributed by atoms with Gasteiger partial charge in [-0.3, -0.25) is 9.59 Å². The van der Waals surface area contributed by atoms with Crippen molar-refractivity contribution >= 4 is 47.9 Å². The highest BCUT2D eigenvalue weighted by Gasteiger charge is 2.45. The molecule has 6 rings (SSSR count). The first kappa shape index (κ1) is 25.8. The SMILES string of the molecule is C=Cc1c2[nH]c(c1C)/C=C1/NC(C[C@@H]1C)C1=c3[nH]/c(c(C)c3C(=O)[C@@H]1C(=O)OC)=C\c1[nH]c(/c(=C\O)c1CC)=C\2. The molecule has 8 bridgehead atoms. The third-order valence-electron chi connectivity index (χ3n) is 8.81. The van der Waals surface area contributed by atoms with Gasteiger partial charge in [0.15, 0.2) is 5.78 Å². The van der Waals surface area contributed by atoms with Crippen LogP contribution in [-0.2, 0) is 16.0 Å². The molecule has 1 fully saturated rings. The lowest BCUT2D eigenvalue weighted by atomic mass is 9.90. The number of ketones is 1. The number of hydrogen-bond donors (Lipinski definition) is 5. The first-order valence-electron chi connectivity index (χ1n) is 13.7. The molecule has 0 radical (unpaired) electrons. The van der Waals surface area contributed by atoms with Crippen molar-refractivity contribution in [3.8, 4) is 0 Å². The van der Waals surface area contributed by atoms with Gasteiger partial charge in [-0.2, -0.15) is 0 Å². The predicted molar refractivity (Wildman–Crippen MR) is 156 cm³/mol. The van der Waals surface area contributed by atoms with Crippen molar-refractivity contribution in [2.24, 2.45) is 11.8 Å². The number of esters is 1. The second-order valence-corrected chi connectivity index (χ2v) is 10.9. The molecular formula is C32H34N4O4. The molecule has 0 amide bonds. The summed E-state index contributed by atoms with van der Waals surface area (Å²) in [6.07, 6.45) is 10.5. The minimum atomic E-state index is -0.985. The van der Waals surface area contributed by atoms with Gasteiger partial charge in [0.1, 0.15) is 5.92 Å². The Morgan fingerprint density at radius 1 is 1.10 bits per heavy atom. The number of carbonyl (C=O) groups excluding carboxylic acids is 2. The molecule has 1 saturated heterocycles. The second kappa shape index (κ2) is 9.33. The fourth-order valence-electron chi connectivity index (χ4n) is 6.69. The average Bonchev–Trinajstić information content (AvgIpc) is 3.69. The molecule has 8 heteroatoms.